The van der Waals surface area contributed by atoms with Crippen LogP contribution in [-0.4, -0.2) is 25.6 Å². The maximum absolute atomic E-state index is 13.2. The molecule has 0 atom stereocenters. The molecule has 0 heterocycles. The summed E-state index contributed by atoms with van der Waals surface area (Å²) < 4.78 is 24.0. The molecule has 0 amide bonds. The predicted octanol–water partition coefficient (Wildman–Crippen LogP) is 3.76. The van der Waals surface area contributed by atoms with Crippen molar-refractivity contribution in [1.82, 2.24) is 0 Å². The van der Waals surface area contributed by atoms with Gasteiger partial charge in [-0.3, -0.25) is 4.79 Å². The third-order valence-electron chi connectivity index (χ3n) is 3.71. The normalized spacial score (nSPS) is 16.7. The lowest BCUT2D eigenvalue weighted by atomic mass is 10.1. The first-order valence-corrected chi connectivity index (χ1v) is 7.19. The van der Waals surface area contributed by atoms with Crippen LogP contribution in [0.25, 0.3) is 0 Å². The molecule has 0 saturated heterocycles. The van der Waals surface area contributed by atoms with E-state index in [1.165, 1.54) is 38.2 Å². The molecule has 1 aromatic carbocycles. The second-order valence-corrected chi connectivity index (χ2v) is 5.19. The molecular weight excluding hydrogens is 259 g/mol. The van der Waals surface area contributed by atoms with Gasteiger partial charge in [-0.15, -0.1) is 0 Å². The maximum atomic E-state index is 13.2. The number of ether oxygens (including phenoxy) is 2. The van der Waals surface area contributed by atoms with Gasteiger partial charge >= 0.3 is 0 Å². The average Bonchev–Trinajstić information content (AvgIpc) is 2.73. The van der Waals surface area contributed by atoms with E-state index in [-0.39, 0.29) is 24.1 Å². The first kappa shape index (κ1) is 15.0. The molecule has 0 unspecified atom stereocenters. The minimum absolute atomic E-state index is 0.00944. The van der Waals surface area contributed by atoms with Gasteiger partial charge in [-0.1, -0.05) is 25.7 Å². The number of halogens is 1. The molecule has 4 heteroatoms. The Kier molecular flexibility index (Phi) is 5.53. The summed E-state index contributed by atoms with van der Waals surface area (Å²) in [6, 6.07) is 3.95. The smallest absolute Gasteiger partial charge is 0.192 e. The molecule has 0 aliphatic heterocycles. The number of benzene rings is 1. The van der Waals surface area contributed by atoms with Gasteiger partial charge in [-0.25, -0.2) is 4.39 Å². The van der Waals surface area contributed by atoms with Crippen LogP contribution in [0.2, 0.25) is 0 Å². The largest absolute Gasteiger partial charge is 0.496 e. The summed E-state index contributed by atoms with van der Waals surface area (Å²) in [5.74, 6) is -0.282. The standard InChI is InChI=1S/C16H21FO3/c1-19-16-9-8-12(17)10-14(16)15(18)11-20-13-6-4-2-3-5-7-13/h8-10,13H,2-7,11H2,1H3. The first-order valence-electron chi connectivity index (χ1n) is 7.19. The van der Waals surface area contributed by atoms with Crippen molar-refractivity contribution in [2.45, 2.75) is 44.6 Å². The van der Waals surface area contributed by atoms with Crippen LogP contribution in [0.1, 0.15) is 48.9 Å². The van der Waals surface area contributed by atoms with Crippen molar-refractivity contribution in [2.75, 3.05) is 13.7 Å². The molecule has 3 nitrogen and oxygen atoms in total. The Morgan fingerprint density at radius 3 is 2.60 bits per heavy atom. The number of Topliss-reactive ketones (excluding diaryl/α,β-unsaturated/α-hetero) is 1. The molecule has 0 N–H and O–H groups in total. The van der Waals surface area contributed by atoms with Crippen molar-refractivity contribution in [1.29, 1.82) is 0 Å². The maximum Gasteiger partial charge on any atom is 0.192 e. The number of carbonyl (C=O) groups excluding carboxylic acids is 1. The van der Waals surface area contributed by atoms with E-state index in [0.29, 0.717) is 5.75 Å². The molecule has 0 bridgehead atoms. The first-order chi connectivity index (χ1) is 9.70. The van der Waals surface area contributed by atoms with Crippen molar-refractivity contribution >= 4 is 5.78 Å². The number of hydrogen-bond donors (Lipinski definition) is 0. The number of methoxy groups -OCH3 is 1. The van der Waals surface area contributed by atoms with Gasteiger partial charge in [-0.2, -0.15) is 0 Å². The van der Waals surface area contributed by atoms with E-state index in [1.807, 2.05) is 0 Å². The molecule has 1 saturated carbocycles. The van der Waals surface area contributed by atoms with Crippen molar-refractivity contribution in [3.8, 4) is 5.75 Å². The third kappa shape index (κ3) is 4.04. The molecule has 110 valence electrons. The molecule has 1 aromatic rings. The molecule has 0 spiro atoms. The highest BCUT2D eigenvalue weighted by Gasteiger charge is 2.17. The fourth-order valence-corrected chi connectivity index (χ4v) is 2.58. The van der Waals surface area contributed by atoms with Gasteiger partial charge in [0.1, 0.15) is 18.2 Å². The second kappa shape index (κ2) is 7.39. The number of carbonyl (C=O) groups is 1. The zero-order valence-corrected chi connectivity index (χ0v) is 11.9. The third-order valence-corrected chi connectivity index (χ3v) is 3.71. The van der Waals surface area contributed by atoms with Crippen LogP contribution in [0, 0.1) is 5.82 Å². The molecule has 0 aromatic heterocycles. The summed E-state index contributed by atoms with van der Waals surface area (Å²) in [5, 5.41) is 0. The van der Waals surface area contributed by atoms with E-state index in [9.17, 15) is 9.18 Å². The van der Waals surface area contributed by atoms with Crippen LogP contribution in [0.3, 0.4) is 0 Å². The number of hydrogen-bond acceptors (Lipinski definition) is 3. The number of rotatable bonds is 5. The van der Waals surface area contributed by atoms with Crippen molar-refractivity contribution < 1.29 is 18.7 Å². The van der Waals surface area contributed by atoms with Crippen LogP contribution in [0.15, 0.2) is 18.2 Å². The summed E-state index contributed by atoms with van der Waals surface area (Å²) in [5.41, 5.74) is 0.251. The van der Waals surface area contributed by atoms with Crippen molar-refractivity contribution in [3.05, 3.63) is 29.6 Å². The Morgan fingerprint density at radius 1 is 1.25 bits per heavy atom. The average molecular weight is 280 g/mol. The lowest BCUT2D eigenvalue weighted by molar-refractivity contribution is 0.0387. The highest BCUT2D eigenvalue weighted by atomic mass is 19.1. The van der Waals surface area contributed by atoms with E-state index >= 15 is 0 Å². The van der Waals surface area contributed by atoms with Gasteiger partial charge in [0.15, 0.2) is 5.78 Å². The summed E-state index contributed by atoms with van der Waals surface area (Å²) >= 11 is 0. The van der Waals surface area contributed by atoms with Crippen molar-refractivity contribution in [3.63, 3.8) is 0 Å². The lowest BCUT2D eigenvalue weighted by Crippen LogP contribution is -2.18. The van der Waals surface area contributed by atoms with Gasteiger partial charge in [0, 0.05) is 0 Å². The Morgan fingerprint density at radius 2 is 1.95 bits per heavy atom. The minimum Gasteiger partial charge on any atom is -0.496 e. The van der Waals surface area contributed by atoms with Gasteiger partial charge in [-0.05, 0) is 31.0 Å². The summed E-state index contributed by atoms with van der Waals surface area (Å²) in [4.78, 5) is 12.1. The van der Waals surface area contributed by atoms with Crippen LogP contribution in [0.4, 0.5) is 4.39 Å². The second-order valence-electron chi connectivity index (χ2n) is 5.19. The topological polar surface area (TPSA) is 35.5 Å². The Balaban J connectivity index is 1.95. The predicted molar refractivity (Wildman–Crippen MR) is 74.7 cm³/mol. The SMILES string of the molecule is COc1ccc(F)cc1C(=O)COC1CCCCCC1. The van der Waals surface area contributed by atoms with E-state index in [1.54, 1.807) is 0 Å². The van der Waals surface area contributed by atoms with Crippen LogP contribution in [0.5, 0.6) is 5.75 Å². The van der Waals surface area contributed by atoms with E-state index in [0.717, 1.165) is 25.7 Å². The summed E-state index contributed by atoms with van der Waals surface area (Å²) in [7, 11) is 1.47. The minimum atomic E-state index is -0.441. The van der Waals surface area contributed by atoms with Crippen LogP contribution < -0.4 is 4.74 Å². The van der Waals surface area contributed by atoms with Gasteiger partial charge in [0.2, 0.25) is 0 Å². The van der Waals surface area contributed by atoms with Gasteiger partial charge in [0.25, 0.3) is 0 Å². The molecule has 1 aliphatic rings. The highest BCUT2D eigenvalue weighted by molar-refractivity contribution is 5.99. The highest BCUT2D eigenvalue weighted by Crippen LogP contribution is 2.22. The van der Waals surface area contributed by atoms with Crippen molar-refractivity contribution in [2.24, 2.45) is 0 Å². The zero-order valence-electron chi connectivity index (χ0n) is 11.9. The molecule has 1 aliphatic carbocycles. The zero-order chi connectivity index (χ0) is 14.4. The van der Waals surface area contributed by atoms with Crippen LogP contribution in [-0.2, 0) is 4.74 Å². The fraction of sp³-hybridized carbons (Fsp3) is 0.562. The molecular formula is C16H21FO3. The molecule has 20 heavy (non-hydrogen) atoms. The Labute approximate surface area is 119 Å². The Hall–Kier alpha value is -1.42. The van der Waals surface area contributed by atoms with Gasteiger partial charge < -0.3 is 9.47 Å². The van der Waals surface area contributed by atoms with Crippen LogP contribution >= 0.6 is 0 Å². The quantitative estimate of drug-likeness (QED) is 0.608. The number of ketones is 1. The Bertz CT molecular complexity index is 451. The molecule has 0 radical (unpaired) electrons. The molecule has 1 fully saturated rings. The van der Waals surface area contributed by atoms with E-state index in [4.69, 9.17) is 9.47 Å². The van der Waals surface area contributed by atoms with Gasteiger partial charge in [0.05, 0.1) is 18.8 Å². The van der Waals surface area contributed by atoms with E-state index in [2.05, 4.69) is 0 Å². The summed E-state index contributed by atoms with van der Waals surface area (Å²) in [6.45, 7) is -0.00944. The summed E-state index contributed by atoms with van der Waals surface area (Å²) in [6.07, 6.45) is 6.96. The van der Waals surface area contributed by atoms with E-state index < -0.39 is 5.82 Å². The monoisotopic (exact) mass is 280 g/mol. The lowest BCUT2D eigenvalue weighted by Gasteiger charge is -2.15. The fourth-order valence-electron chi connectivity index (χ4n) is 2.58. The molecule has 2 rings (SSSR count).